The lowest BCUT2D eigenvalue weighted by atomic mass is 10.2. The Morgan fingerprint density at radius 3 is 3.00 bits per heavy atom. The topological polar surface area (TPSA) is 50.5 Å². The van der Waals surface area contributed by atoms with Gasteiger partial charge in [-0.2, -0.15) is 0 Å². The zero-order valence-corrected chi connectivity index (χ0v) is 12.3. The van der Waals surface area contributed by atoms with Gasteiger partial charge in [-0.05, 0) is 13.8 Å². The van der Waals surface area contributed by atoms with Crippen LogP contribution >= 0.6 is 0 Å². The first kappa shape index (κ1) is 14.5. The first-order valence-corrected chi connectivity index (χ1v) is 7.08. The van der Waals surface area contributed by atoms with Crippen LogP contribution in [0.1, 0.15) is 39.1 Å². The van der Waals surface area contributed by atoms with Crippen molar-refractivity contribution in [2.75, 3.05) is 13.2 Å². The summed E-state index contributed by atoms with van der Waals surface area (Å²) >= 11 is 0. The van der Waals surface area contributed by atoms with E-state index < -0.39 is 0 Å². The highest BCUT2D eigenvalue weighted by molar-refractivity contribution is 5.05. The second-order valence-corrected chi connectivity index (χ2v) is 5.74. The number of ether oxygens (including phenoxy) is 1. The molecule has 2 heterocycles. The molecule has 0 radical (unpaired) electrons. The van der Waals surface area contributed by atoms with Gasteiger partial charge < -0.3 is 14.6 Å². The molecule has 1 N–H and O–H groups in total. The fourth-order valence-corrected chi connectivity index (χ4v) is 2.21. The lowest BCUT2D eigenvalue weighted by Crippen LogP contribution is -2.46. The molecule has 1 saturated heterocycles. The zero-order chi connectivity index (χ0) is 13.8. The number of hydrogen-bond acceptors (Lipinski definition) is 5. The van der Waals surface area contributed by atoms with Gasteiger partial charge >= 0.3 is 0 Å². The largest absolute Gasteiger partial charge is 0.376 e. The average Bonchev–Trinajstić information content (AvgIpc) is 2.79. The maximum Gasteiger partial charge on any atom is 0.151 e. The van der Waals surface area contributed by atoms with E-state index in [1.165, 1.54) is 0 Å². The predicted octanol–water partition coefficient (Wildman–Crippen LogP) is 1.78. The Morgan fingerprint density at radius 2 is 2.26 bits per heavy atom. The average molecular weight is 267 g/mol. The summed E-state index contributed by atoms with van der Waals surface area (Å²) in [5.74, 6) is 0.932. The third-order valence-electron chi connectivity index (χ3n) is 3.40. The number of morpholine rings is 1. The van der Waals surface area contributed by atoms with Gasteiger partial charge in [0, 0.05) is 31.2 Å². The molecule has 1 aromatic rings. The maximum atomic E-state index is 5.63. The van der Waals surface area contributed by atoms with Crippen LogP contribution in [0.2, 0.25) is 0 Å². The van der Waals surface area contributed by atoms with E-state index in [4.69, 9.17) is 9.26 Å². The Bertz CT molecular complexity index is 392. The van der Waals surface area contributed by atoms with E-state index >= 15 is 0 Å². The fourth-order valence-electron chi connectivity index (χ4n) is 2.21. The van der Waals surface area contributed by atoms with Crippen molar-refractivity contribution in [1.29, 1.82) is 0 Å². The van der Waals surface area contributed by atoms with Crippen molar-refractivity contribution < 1.29 is 9.26 Å². The summed E-state index contributed by atoms with van der Waals surface area (Å²) in [5, 5.41) is 7.44. The summed E-state index contributed by atoms with van der Waals surface area (Å²) in [7, 11) is 0. The van der Waals surface area contributed by atoms with Crippen molar-refractivity contribution >= 4 is 0 Å². The number of aromatic nitrogens is 1. The molecule has 2 unspecified atom stereocenters. The molecule has 1 aliphatic rings. The third kappa shape index (κ3) is 4.30. The van der Waals surface area contributed by atoms with Crippen LogP contribution in [0.3, 0.4) is 0 Å². The number of nitrogens with zero attached hydrogens (tertiary/aromatic N) is 2. The summed E-state index contributed by atoms with van der Waals surface area (Å²) < 4.78 is 11.0. The Kier molecular flexibility index (Phi) is 4.96. The van der Waals surface area contributed by atoms with Crippen molar-refractivity contribution in [3.63, 3.8) is 0 Å². The normalized spacial score (nSPS) is 25.1. The second kappa shape index (κ2) is 6.50. The van der Waals surface area contributed by atoms with Crippen LogP contribution in [0.15, 0.2) is 10.6 Å². The third-order valence-corrected chi connectivity index (χ3v) is 3.40. The molecule has 1 aromatic heterocycles. The van der Waals surface area contributed by atoms with Gasteiger partial charge in [0.25, 0.3) is 0 Å². The highest BCUT2D eigenvalue weighted by Crippen LogP contribution is 2.16. The van der Waals surface area contributed by atoms with Gasteiger partial charge in [-0.25, -0.2) is 0 Å². The monoisotopic (exact) mass is 267 g/mol. The molecule has 2 rings (SSSR count). The van der Waals surface area contributed by atoms with Crippen LogP contribution in [0.25, 0.3) is 0 Å². The number of hydrogen-bond donors (Lipinski definition) is 1. The lowest BCUT2D eigenvalue weighted by Gasteiger charge is -2.35. The molecule has 0 amide bonds. The summed E-state index contributed by atoms with van der Waals surface area (Å²) in [6, 6.07) is 2.93. The Hall–Kier alpha value is -0.910. The van der Waals surface area contributed by atoms with Crippen molar-refractivity contribution in [3.8, 4) is 0 Å². The van der Waals surface area contributed by atoms with E-state index in [9.17, 15) is 0 Å². The van der Waals surface area contributed by atoms with Crippen LogP contribution in [0, 0.1) is 0 Å². The van der Waals surface area contributed by atoms with Crippen molar-refractivity contribution in [3.05, 3.63) is 17.5 Å². The molecule has 1 aliphatic heterocycles. The van der Waals surface area contributed by atoms with Gasteiger partial charge in [0.15, 0.2) is 5.76 Å². The fraction of sp³-hybridized carbons (Fsp3) is 0.786. The van der Waals surface area contributed by atoms with Gasteiger partial charge in [-0.3, -0.25) is 4.90 Å². The van der Waals surface area contributed by atoms with Gasteiger partial charge in [-0.1, -0.05) is 19.0 Å². The molecule has 0 saturated carbocycles. The number of nitrogens with one attached hydrogen (secondary N) is 1. The van der Waals surface area contributed by atoms with Gasteiger partial charge in [0.05, 0.1) is 24.9 Å². The summed E-state index contributed by atoms with van der Waals surface area (Å²) in [6.45, 7) is 11.8. The molecular weight excluding hydrogens is 242 g/mol. The Morgan fingerprint density at radius 1 is 1.47 bits per heavy atom. The van der Waals surface area contributed by atoms with Crippen molar-refractivity contribution in [2.24, 2.45) is 0 Å². The molecule has 19 heavy (non-hydrogen) atoms. The van der Waals surface area contributed by atoms with Crippen LogP contribution in [0.4, 0.5) is 0 Å². The maximum absolute atomic E-state index is 5.63. The van der Waals surface area contributed by atoms with Crippen LogP contribution in [-0.2, 0) is 17.8 Å². The molecule has 0 aliphatic carbocycles. The first-order valence-electron chi connectivity index (χ1n) is 7.08. The van der Waals surface area contributed by atoms with Crippen LogP contribution < -0.4 is 5.32 Å². The minimum Gasteiger partial charge on any atom is -0.376 e. The highest BCUT2D eigenvalue weighted by atomic mass is 16.5. The quantitative estimate of drug-likeness (QED) is 0.881. The lowest BCUT2D eigenvalue weighted by molar-refractivity contribution is -0.0550. The zero-order valence-electron chi connectivity index (χ0n) is 12.3. The van der Waals surface area contributed by atoms with E-state index in [1.54, 1.807) is 0 Å². The summed E-state index contributed by atoms with van der Waals surface area (Å²) in [4.78, 5) is 2.38. The molecule has 2 atom stereocenters. The summed E-state index contributed by atoms with van der Waals surface area (Å²) in [6.07, 6.45) is 0.293. The minimum atomic E-state index is 0.293. The molecule has 0 bridgehead atoms. The van der Waals surface area contributed by atoms with Crippen molar-refractivity contribution in [2.45, 2.75) is 59.0 Å². The standard InChI is InChI=1S/C14H25N3O2/c1-10(2)15-6-13-5-14(19-16-13)8-17-7-12(4)18-9-11(17)3/h5,10-12,15H,6-9H2,1-4H3. The first-order chi connectivity index (χ1) is 9.04. The molecule has 1 fully saturated rings. The van der Waals surface area contributed by atoms with Gasteiger partial charge in [-0.15, -0.1) is 0 Å². The van der Waals surface area contributed by atoms with E-state index in [-0.39, 0.29) is 0 Å². The number of rotatable bonds is 5. The second-order valence-electron chi connectivity index (χ2n) is 5.74. The van der Waals surface area contributed by atoms with Crippen molar-refractivity contribution in [1.82, 2.24) is 15.4 Å². The molecule has 0 spiro atoms. The highest BCUT2D eigenvalue weighted by Gasteiger charge is 2.24. The molecule has 5 heteroatoms. The molecule has 5 nitrogen and oxygen atoms in total. The van der Waals surface area contributed by atoms with Crippen LogP contribution in [-0.4, -0.2) is 41.4 Å². The SMILES string of the molecule is CC(C)NCc1cc(CN2CC(C)OCC2C)on1. The molecule has 0 aromatic carbocycles. The van der Waals surface area contributed by atoms with E-state index in [0.29, 0.717) is 18.2 Å². The minimum absolute atomic E-state index is 0.293. The van der Waals surface area contributed by atoms with Crippen LogP contribution in [0.5, 0.6) is 0 Å². The Balaban J connectivity index is 1.88. The van der Waals surface area contributed by atoms with E-state index in [1.807, 2.05) is 6.07 Å². The predicted molar refractivity (Wildman–Crippen MR) is 73.8 cm³/mol. The molecule has 108 valence electrons. The Labute approximate surface area is 115 Å². The van der Waals surface area contributed by atoms with E-state index in [0.717, 1.165) is 37.7 Å². The van der Waals surface area contributed by atoms with Gasteiger partial charge in [0.1, 0.15) is 0 Å². The summed E-state index contributed by atoms with van der Waals surface area (Å²) in [5.41, 5.74) is 0.970. The smallest absolute Gasteiger partial charge is 0.151 e. The van der Waals surface area contributed by atoms with E-state index in [2.05, 4.69) is 43.1 Å². The molecular formula is C14H25N3O2. The van der Waals surface area contributed by atoms with Gasteiger partial charge in [0.2, 0.25) is 0 Å².